The zero-order valence-electron chi connectivity index (χ0n) is 10.4. The van der Waals surface area contributed by atoms with Gasteiger partial charge in [-0.25, -0.2) is 4.98 Å². The molecule has 1 aliphatic heterocycles. The number of hydrogen-bond donors (Lipinski definition) is 1. The minimum atomic E-state index is 0. The molecule has 1 aromatic heterocycles. The number of pyridine rings is 1. The van der Waals surface area contributed by atoms with Crippen LogP contribution in [0.1, 0.15) is 42.9 Å². The number of hydrogen-bond acceptors (Lipinski definition) is 3. The molecule has 1 N–H and O–H groups in total. The number of aromatic nitrogens is 1. The molecule has 1 fully saturated rings. The van der Waals surface area contributed by atoms with Gasteiger partial charge in [0.15, 0.2) is 0 Å². The highest BCUT2D eigenvalue weighted by molar-refractivity contribution is 5.85. The summed E-state index contributed by atoms with van der Waals surface area (Å²) >= 11 is 0. The standard InChI is InChI=1S/C13H18N2O.2ClH/c1-2-4-10(3-1)12-6-5-11-9-14-7-8-16-13(11)15-12;;/h5-6,10,14H,1-4,7-9H2;2*1H. The van der Waals surface area contributed by atoms with Crippen LogP contribution in [0.15, 0.2) is 12.1 Å². The molecule has 5 heteroatoms. The molecule has 0 bridgehead atoms. The van der Waals surface area contributed by atoms with E-state index in [4.69, 9.17) is 9.72 Å². The van der Waals surface area contributed by atoms with Crippen molar-refractivity contribution in [3.8, 4) is 5.88 Å². The largest absolute Gasteiger partial charge is 0.476 e. The van der Waals surface area contributed by atoms with Crippen LogP contribution in [0.4, 0.5) is 0 Å². The molecule has 0 saturated heterocycles. The maximum atomic E-state index is 5.68. The first-order chi connectivity index (χ1) is 7.93. The lowest BCUT2D eigenvalue weighted by atomic mass is 10.0. The SMILES string of the molecule is Cl.Cl.c1cc2c(nc1C1CCCC1)OCCNC2. The van der Waals surface area contributed by atoms with Gasteiger partial charge in [0.2, 0.25) is 5.88 Å². The molecule has 0 radical (unpaired) electrons. The van der Waals surface area contributed by atoms with E-state index in [9.17, 15) is 0 Å². The molecule has 1 aliphatic carbocycles. The van der Waals surface area contributed by atoms with Crippen LogP contribution >= 0.6 is 24.8 Å². The van der Waals surface area contributed by atoms with Gasteiger partial charge in [-0.1, -0.05) is 18.9 Å². The number of nitrogens with one attached hydrogen (secondary N) is 1. The van der Waals surface area contributed by atoms with E-state index in [1.165, 1.54) is 36.9 Å². The molecule has 1 saturated carbocycles. The van der Waals surface area contributed by atoms with Crippen molar-refractivity contribution < 1.29 is 4.74 Å². The first-order valence-electron chi connectivity index (χ1n) is 6.27. The van der Waals surface area contributed by atoms with Crippen molar-refractivity contribution in [3.05, 3.63) is 23.4 Å². The normalized spacial score (nSPS) is 18.9. The Morgan fingerprint density at radius 3 is 2.72 bits per heavy atom. The van der Waals surface area contributed by atoms with Crippen LogP contribution in [0.2, 0.25) is 0 Å². The lowest BCUT2D eigenvalue weighted by Gasteiger charge is -2.12. The predicted octanol–water partition coefficient (Wildman–Crippen LogP) is 3.06. The van der Waals surface area contributed by atoms with Crippen LogP contribution in [0, 0.1) is 0 Å². The number of halogens is 2. The molecule has 0 spiro atoms. The number of fused-ring (bicyclic) bond motifs is 1. The zero-order chi connectivity index (χ0) is 10.8. The van der Waals surface area contributed by atoms with Gasteiger partial charge in [0, 0.05) is 30.3 Å². The van der Waals surface area contributed by atoms with Gasteiger partial charge in [-0.2, -0.15) is 0 Å². The van der Waals surface area contributed by atoms with Crippen molar-refractivity contribution in [1.29, 1.82) is 0 Å². The van der Waals surface area contributed by atoms with Crippen LogP contribution in [-0.4, -0.2) is 18.1 Å². The zero-order valence-corrected chi connectivity index (χ0v) is 12.0. The number of ether oxygens (including phenoxy) is 1. The first kappa shape index (κ1) is 15.5. The number of nitrogens with zero attached hydrogens (tertiary/aromatic N) is 1. The Kier molecular flexibility index (Phi) is 6.19. The molecule has 18 heavy (non-hydrogen) atoms. The fourth-order valence-electron chi connectivity index (χ4n) is 2.63. The molecule has 2 heterocycles. The third-order valence-corrected chi connectivity index (χ3v) is 3.57. The van der Waals surface area contributed by atoms with E-state index in [0.717, 1.165) is 25.6 Å². The van der Waals surface area contributed by atoms with Gasteiger partial charge >= 0.3 is 0 Å². The molecule has 102 valence electrons. The minimum Gasteiger partial charge on any atom is -0.476 e. The van der Waals surface area contributed by atoms with Crippen molar-refractivity contribution in [2.75, 3.05) is 13.2 Å². The number of rotatable bonds is 1. The Labute approximate surface area is 121 Å². The molecule has 3 nitrogen and oxygen atoms in total. The van der Waals surface area contributed by atoms with Crippen molar-refractivity contribution in [3.63, 3.8) is 0 Å². The Morgan fingerprint density at radius 2 is 1.94 bits per heavy atom. The molecule has 0 atom stereocenters. The molecule has 0 amide bonds. The van der Waals surface area contributed by atoms with E-state index in [1.807, 2.05) is 0 Å². The van der Waals surface area contributed by atoms with Gasteiger partial charge < -0.3 is 10.1 Å². The maximum absolute atomic E-state index is 5.68. The smallest absolute Gasteiger partial charge is 0.218 e. The minimum absolute atomic E-state index is 0. The van der Waals surface area contributed by atoms with E-state index in [0.29, 0.717) is 5.92 Å². The summed E-state index contributed by atoms with van der Waals surface area (Å²) in [6, 6.07) is 4.36. The predicted molar refractivity (Wildman–Crippen MR) is 77.1 cm³/mol. The average molecular weight is 291 g/mol. The van der Waals surface area contributed by atoms with Crippen molar-refractivity contribution in [1.82, 2.24) is 10.3 Å². The van der Waals surface area contributed by atoms with Crippen LogP contribution in [0.25, 0.3) is 0 Å². The second-order valence-electron chi connectivity index (χ2n) is 4.71. The average Bonchev–Trinajstić information content (AvgIpc) is 2.74. The van der Waals surface area contributed by atoms with Crippen molar-refractivity contribution in [2.24, 2.45) is 0 Å². The monoisotopic (exact) mass is 290 g/mol. The lowest BCUT2D eigenvalue weighted by molar-refractivity contribution is 0.312. The molecular formula is C13H20Cl2N2O. The van der Waals surface area contributed by atoms with E-state index in [-0.39, 0.29) is 24.8 Å². The van der Waals surface area contributed by atoms with Crippen LogP contribution in [0.5, 0.6) is 5.88 Å². The summed E-state index contributed by atoms with van der Waals surface area (Å²) in [5.74, 6) is 1.53. The first-order valence-corrected chi connectivity index (χ1v) is 6.27. The lowest BCUT2D eigenvalue weighted by Crippen LogP contribution is -2.16. The van der Waals surface area contributed by atoms with Gasteiger partial charge in [-0.05, 0) is 18.9 Å². The second kappa shape index (κ2) is 7.17. The quantitative estimate of drug-likeness (QED) is 0.863. The highest BCUT2D eigenvalue weighted by Crippen LogP contribution is 2.34. The second-order valence-corrected chi connectivity index (χ2v) is 4.71. The molecule has 2 aliphatic rings. The van der Waals surface area contributed by atoms with Crippen LogP contribution in [-0.2, 0) is 6.54 Å². The summed E-state index contributed by atoms with van der Waals surface area (Å²) in [6.07, 6.45) is 5.30. The van der Waals surface area contributed by atoms with Gasteiger partial charge in [0.05, 0.1) is 0 Å². The summed E-state index contributed by atoms with van der Waals surface area (Å²) in [4.78, 5) is 4.69. The maximum Gasteiger partial charge on any atom is 0.218 e. The highest BCUT2D eigenvalue weighted by Gasteiger charge is 2.20. The third kappa shape index (κ3) is 3.28. The molecule has 1 aromatic rings. The third-order valence-electron chi connectivity index (χ3n) is 3.57. The molecule has 0 aromatic carbocycles. The Morgan fingerprint density at radius 1 is 1.17 bits per heavy atom. The summed E-state index contributed by atoms with van der Waals surface area (Å²) in [5, 5.41) is 3.33. The Bertz CT molecular complexity index is 381. The summed E-state index contributed by atoms with van der Waals surface area (Å²) in [7, 11) is 0. The fourth-order valence-corrected chi connectivity index (χ4v) is 2.63. The summed E-state index contributed by atoms with van der Waals surface area (Å²) in [5.41, 5.74) is 2.43. The Hall–Kier alpha value is -0.510. The van der Waals surface area contributed by atoms with Gasteiger partial charge in [-0.3, -0.25) is 0 Å². The highest BCUT2D eigenvalue weighted by atomic mass is 35.5. The van der Waals surface area contributed by atoms with E-state index >= 15 is 0 Å². The van der Waals surface area contributed by atoms with E-state index < -0.39 is 0 Å². The van der Waals surface area contributed by atoms with Crippen LogP contribution in [0.3, 0.4) is 0 Å². The van der Waals surface area contributed by atoms with Gasteiger partial charge in [0.1, 0.15) is 6.61 Å². The Balaban J connectivity index is 0.000000810. The molecule has 0 unspecified atom stereocenters. The van der Waals surface area contributed by atoms with Gasteiger partial charge in [-0.15, -0.1) is 24.8 Å². The van der Waals surface area contributed by atoms with Crippen LogP contribution < -0.4 is 10.1 Å². The van der Waals surface area contributed by atoms with Crippen molar-refractivity contribution in [2.45, 2.75) is 38.1 Å². The molecule has 3 rings (SSSR count). The fraction of sp³-hybridized carbons (Fsp3) is 0.615. The van der Waals surface area contributed by atoms with E-state index in [1.54, 1.807) is 0 Å². The topological polar surface area (TPSA) is 34.1 Å². The van der Waals surface area contributed by atoms with Crippen molar-refractivity contribution >= 4 is 24.8 Å². The van der Waals surface area contributed by atoms with Gasteiger partial charge in [0.25, 0.3) is 0 Å². The summed E-state index contributed by atoms with van der Waals surface area (Å²) < 4.78 is 5.68. The molecular weight excluding hydrogens is 271 g/mol. The summed E-state index contributed by atoms with van der Waals surface area (Å²) in [6.45, 7) is 2.52. The van der Waals surface area contributed by atoms with E-state index in [2.05, 4.69) is 17.4 Å².